The number of anilines is 3. The van der Waals surface area contributed by atoms with E-state index in [4.69, 9.17) is 4.74 Å². The number of aliphatic imine (C=N–C) groups is 1. The number of benzene rings is 2. The molecule has 0 radical (unpaired) electrons. The Hall–Kier alpha value is -4.96. The van der Waals surface area contributed by atoms with Gasteiger partial charge in [0.1, 0.15) is 17.9 Å². The van der Waals surface area contributed by atoms with Gasteiger partial charge >= 0.3 is 12.4 Å². The van der Waals surface area contributed by atoms with E-state index in [0.29, 0.717) is 24.5 Å². The van der Waals surface area contributed by atoms with Crippen molar-refractivity contribution >= 4 is 46.3 Å². The first kappa shape index (κ1) is 30.5. The summed E-state index contributed by atoms with van der Waals surface area (Å²) in [7, 11) is 1.57. The highest BCUT2D eigenvalue weighted by atomic mass is 32.2. The molecule has 3 heterocycles. The lowest BCUT2D eigenvalue weighted by atomic mass is 10.1. The molecule has 1 fully saturated rings. The van der Waals surface area contributed by atoms with E-state index < -0.39 is 12.4 Å². The summed E-state index contributed by atoms with van der Waals surface area (Å²) in [6.45, 7) is 2.51. The molecule has 1 aliphatic heterocycles. The molecule has 0 aliphatic carbocycles. The first-order chi connectivity index (χ1) is 21.1. The van der Waals surface area contributed by atoms with Crippen LogP contribution in [0.4, 0.5) is 35.4 Å². The van der Waals surface area contributed by atoms with E-state index in [1.165, 1.54) is 51.9 Å². The Bertz CT molecular complexity index is 1680. The Balaban J connectivity index is 1.17. The first-order valence-corrected chi connectivity index (χ1v) is 14.0. The number of methoxy groups -OCH3 is 1. The summed E-state index contributed by atoms with van der Waals surface area (Å²) in [4.78, 5) is 39.4. The van der Waals surface area contributed by atoms with Gasteiger partial charge in [-0.1, -0.05) is 30.0 Å². The van der Waals surface area contributed by atoms with Gasteiger partial charge < -0.3 is 14.8 Å². The molecule has 3 amide bonds. The number of nitrogens with one attached hydrogen (secondary N) is 2. The Morgan fingerprint density at radius 2 is 1.91 bits per heavy atom. The zero-order valence-corrected chi connectivity index (χ0v) is 24.1. The third-order valence-electron chi connectivity index (χ3n) is 6.08. The Labute approximate surface area is 253 Å². The van der Waals surface area contributed by atoms with Crippen LogP contribution in [0, 0.1) is 6.92 Å². The number of halogens is 3. The second-order valence-corrected chi connectivity index (χ2v) is 10.3. The summed E-state index contributed by atoms with van der Waals surface area (Å²) in [5.74, 6) is 0.173. The van der Waals surface area contributed by atoms with E-state index in [0.717, 1.165) is 16.7 Å². The number of hydrogen-bond acceptors (Lipinski definition) is 9. The Morgan fingerprint density at radius 3 is 2.61 bits per heavy atom. The van der Waals surface area contributed by atoms with Crippen LogP contribution in [0.1, 0.15) is 16.7 Å². The van der Waals surface area contributed by atoms with Crippen molar-refractivity contribution < 1.29 is 32.2 Å². The Kier molecular flexibility index (Phi) is 9.10. The fourth-order valence-electron chi connectivity index (χ4n) is 4.12. The van der Waals surface area contributed by atoms with Crippen molar-refractivity contribution in [3.8, 4) is 11.4 Å². The number of carbonyl (C=O) groups is 2. The number of thioether (sulfide) groups is 1. The number of alkyl halides is 3. The van der Waals surface area contributed by atoms with Gasteiger partial charge in [0.15, 0.2) is 5.17 Å². The number of nitrogens with zero attached hydrogens (tertiary/aromatic N) is 6. The quantitative estimate of drug-likeness (QED) is 0.254. The fraction of sp³-hybridized carbons (Fsp3) is 0.214. The maximum absolute atomic E-state index is 12.7. The van der Waals surface area contributed by atoms with E-state index in [1.807, 2.05) is 25.1 Å². The zero-order valence-electron chi connectivity index (χ0n) is 23.3. The number of rotatable bonds is 9. The van der Waals surface area contributed by atoms with Crippen LogP contribution in [0.5, 0.6) is 5.75 Å². The molecule has 1 aliphatic rings. The molecule has 0 atom stereocenters. The summed E-state index contributed by atoms with van der Waals surface area (Å²) in [6, 6.07) is 13.5. The van der Waals surface area contributed by atoms with Gasteiger partial charge in [0, 0.05) is 25.4 Å². The van der Waals surface area contributed by atoms with Crippen molar-refractivity contribution in [3.63, 3.8) is 0 Å². The van der Waals surface area contributed by atoms with Crippen molar-refractivity contribution in [2.45, 2.75) is 26.4 Å². The smallest absolute Gasteiger partial charge is 0.406 e. The van der Waals surface area contributed by atoms with Crippen LogP contribution in [-0.2, 0) is 22.7 Å². The lowest BCUT2D eigenvalue weighted by Crippen LogP contribution is -2.31. The minimum Gasteiger partial charge on any atom is -0.406 e. The van der Waals surface area contributed by atoms with Crippen molar-refractivity contribution in [2.24, 2.45) is 4.99 Å². The molecule has 4 aromatic rings. The van der Waals surface area contributed by atoms with Gasteiger partial charge in [-0.2, -0.15) is 4.99 Å². The summed E-state index contributed by atoms with van der Waals surface area (Å²) in [5.41, 5.74) is 3.61. The molecule has 16 heteroatoms. The maximum atomic E-state index is 12.7. The summed E-state index contributed by atoms with van der Waals surface area (Å²) >= 11 is 1.17. The zero-order chi connectivity index (χ0) is 31.3. The maximum Gasteiger partial charge on any atom is 0.573 e. The number of amides is 3. The first-order valence-electron chi connectivity index (χ1n) is 13.0. The Morgan fingerprint density at radius 1 is 1.11 bits per heavy atom. The van der Waals surface area contributed by atoms with Gasteiger partial charge in [0.05, 0.1) is 23.7 Å². The number of carbonyl (C=O) groups excluding carboxylic acids is 2. The van der Waals surface area contributed by atoms with Crippen LogP contribution in [0.25, 0.3) is 5.69 Å². The lowest BCUT2D eigenvalue weighted by molar-refractivity contribution is -0.274. The number of aromatic nitrogens is 4. The number of ether oxygens (including phenoxy) is 2. The largest absolute Gasteiger partial charge is 0.573 e. The van der Waals surface area contributed by atoms with Crippen LogP contribution in [0.3, 0.4) is 0 Å². The monoisotopic (exact) mass is 626 g/mol. The molecular formula is C28H25F3N8O4S. The number of pyridine rings is 1. The highest BCUT2D eigenvalue weighted by Gasteiger charge is 2.32. The molecule has 0 bridgehead atoms. The summed E-state index contributed by atoms with van der Waals surface area (Å²) in [5, 5.41) is 10.2. The highest BCUT2D eigenvalue weighted by Crippen LogP contribution is 2.31. The predicted molar refractivity (Wildman–Crippen MR) is 158 cm³/mol. The second kappa shape index (κ2) is 13.1. The number of aryl methyl sites for hydroxylation is 1. The molecule has 2 aromatic carbocycles. The number of urea groups is 1. The van der Waals surface area contributed by atoms with Crippen molar-refractivity contribution in [1.82, 2.24) is 19.7 Å². The molecule has 44 heavy (non-hydrogen) atoms. The molecule has 0 saturated carbocycles. The molecular weight excluding hydrogens is 601 g/mol. The summed E-state index contributed by atoms with van der Waals surface area (Å²) in [6.07, 6.45) is -1.81. The van der Waals surface area contributed by atoms with Gasteiger partial charge in [0.25, 0.3) is 0 Å². The molecule has 1 saturated heterocycles. The van der Waals surface area contributed by atoms with Crippen LogP contribution >= 0.6 is 11.8 Å². The average molecular weight is 627 g/mol. The second-order valence-electron chi connectivity index (χ2n) is 9.37. The van der Waals surface area contributed by atoms with Crippen molar-refractivity contribution in [3.05, 3.63) is 83.8 Å². The molecule has 228 valence electrons. The van der Waals surface area contributed by atoms with Crippen LogP contribution in [0.15, 0.2) is 72.1 Å². The number of hydrogen-bond donors (Lipinski definition) is 2. The molecule has 0 unspecified atom stereocenters. The normalized spacial score (nSPS) is 14.2. The van der Waals surface area contributed by atoms with E-state index in [9.17, 15) is 22.8 Å². The van der Waals surface area contributed by atoms with Crippen LogP contribution < -0.4 is 20.3 Å². The third kappa shape index (κ3) is 7.70. The molecule has 5 rings (SSSR count). The lowest BCUT2D eigenvalue weighted by Gasteiger charge is -2.20. The third-order valence-corrected chi connectivity index (χ3v) is 7.00. The van der Waals surface area contributed by atoms with E-state index in [1.54, 1.807) is 25.4 Å². The molecule has 12 nitrogen and oxygen atoms in total. The van der Waals surface area contributed by atoms with Crippen molar-refractivity contribution in [2.75, 3.05) is 28.4 Å². The van der Waals surface area contributed by atoms with Gasteiger partial charge in [-0.3, -0.25) is 15.0 Å². The fourth-order valence-corrected chi connectivity index (χ4v) is 4.98. The van der Waals surface area contributed by atoms with E-state index in [-0.39, 0.29) is 34.3 Å². The SMILES string of the molecule is COCc1ccc(C)cc1N1C(=O)CS/C1=N\C(=O)Nc1ccc(CNc2ncn(-c3ccc(OC(F)(F)F)cc3)n2)cn1. The van der Waals surface area contributed by atoms with Gasteiger partial charge in [0.2, 0.25) is 11.9 Å². The standard InChI is InChI=1S/C28H25F3N8O4S/c1-17-3-5-19(14-42-2)22(11-17)39-24(40)15-44-27(39)36-26(41)35-23-10-4-18(12-32-23)13-33-25-34-16-38(37-25)20-6-8-21(9-7-20)43-28(29,30)31/h3-12,16H,13-15H2,1-2H3,(H,33,37)(H,32,35,41)/b36-27-. The molecule has 0 spiro atoms. The van der Waals surface area contributed by atoms with Gasteiger partial charge in [-0.25, -0.2) is 19.4 Å². The minimum absolute atomic E-state index is 0.155. The van der Waals surface area contributed by atoms with E-state index >= 15 is 0 Å². The summed E-state index contributed by atoms with van der Waals surface area (Å²) < 4.78 is 47.6. The minimum atomic E-state index is -4.77. The van der Waals surface area contributed by atoms with Crippen LogP contribution in [-0.4, -0.2) is 56.1 Å². The van der Waals surface area contributed by atoms with Gasteiger partial charge in [-0.05, 0) is 54.4 Å². The highest BCUT2D eigenvalue weighted by molar-refractivity contribution is 8.15. The predicted octanol–water partition coefficient (Wildman–Crippen LogP) is 5.30. The van der Waals surface area contributed by atoms with Gasteiger partial charge in [-0.15, -0.1) is 18.3 Å². The molecule has 2 N–H and O–H groups in total. The number of amidine groups is 1. The van der Waals surface area contributed by atoms with Crippen LogP contribution in [0.2, 0.25) is 0 Å². The topological polar surface area (TPSA) is 136 Å². The molecule has 2 aromatic heterocycles. The van der Waals surface area contributed by atoms with Crippen molar-refractivity contribution in [1.29, 1.82) is 0 Å². The van der Waals surface area contributed by atoms with E-state index in [2.05, 4.69) is 35.4 Å². The average Bonchev–Trinajstić information content (AvgIpc) is 3.60.